The number of rotatable bonds is 5. The summed E-state index contributed by atoms with van der Waals surface area (Å²) < 4.78 is 6.09. The number of aryl methyl sites for hydroxylation is 3. The van der Waals surface area contributed by atoms with Gasteiger partial charge in [-0.05, 0) is 78.1 Å². The van der Waals surface area contributed by atoms with Crippen molar-refractivity contribution in [2.75, 3.05) is 18.5 Å². The lowest BCUT2D eigenvalue weighted by Gasteiger charge is -2.17. The van der Waals surface area contributed by atoms with Crippen molar-refractivity contribution in [2.24, 2.45) is 0 Å². The van der Waals surface area contributed by atoms with Crippen molar-refractivity contribution in [1.82, 2.24) is 4.98 Å². The Hall–Kier alpha value is -3.34. The quantitative estimate of drug-likeness (QED) is 0.564. The summed E-state index contributed by atoms with van der Waals surface area (Å²) in [6.07, 6.45) is 6.61. The molecule has 3 aromatic rings. The maximum Gasteiger partial charge on any atom is 0.303 e. The first-order valence-corrected chi connectivity index (χ1v) is 11.9. The van der Waals surface area contributed by atoms with Crippen LogP contribution in [0.15, 0.2) is 54.6 Å². The molecule has 0 bridgehead atoms. The van der Waals surface area contributed by atoms with Crippen molar-refractivity contribution in [3.8, 4) is 5.75 Å². The van der Waals surface area contributed by atoms with E-state index in [0.29, 0.717) is 6.61 Å². The molecule has 0 saturated carbocycles. The summed E-state index contributed by atoms with van der Waals surface area (Å²) in [6.45, 7) is 3.28. The molecule has 0 saturated heterocycles. The molecule has 2 aliphatic rings. The second-order valence-electron chi connectivity index (χ2n) is 8.56. The van der Waals surface area contributed by atoms with Gasteiger partial charge in [0.15, 0.2) is 0 Å². The van der Waals surface area contributed by atoms with Crippen molar-refractivity contribution in [1.29, 1.82) is 0 Å². The standard InChI is InChI=1S/C25H26N2O.C3H6O2/c1-2-5-21-16-22-17-24(12-10-19(22)8-7-18(21)4-1)28-15-13-23-11-9-20-6-3-14-26-25(20)27-23;1-2-3(4)5/h1-2,4-5,9-12,17H,3,6-8,13-16H2,(H,26,27);2H2,1H3,(H,4,5). The average Bonchev–Trinajstić information content (AvgIpc) is 3.03. The van der Waals surface area contributed by atoms with Gasteiger partial charge in [-0.3, -0.25) is 4.79 Å². The largest absolute Gasteiger partial charge is 0.493 e. The number of hydrogen-bond acceptors (Lipinski definition) is 4. The van der Waals surface area contributed by atoms with Crippen LogP contribution in [0.2, 0.25) is 0 Å². The van der Waals surface area contributed by atoms with Crippen LogP contribution in [0.1, 0.15) is 53.3 Å². The SMILES string of the molecule is CCC(=O)O.c1ccc2c(c1)CCc1ccc(OCCc3ccc4c(n3)NCCC4)cc1C2. The number of carbonyl (C=O) groups is 1. The van der Waals surface area contributed by atoms with Gasteiger partial charge in [0.25, 0.3) is 0 Å². The minimum absolute atomic E-state index is 0.222. The molecule has 0 radical (unpaired) electrons. The summed E-state index contributed by atoms with van der Waals surface area (Å²) in [4.78, 5) is 14.1. The van der Waals surface area contributed by atoms with Crippen molar-refractivity contribution in [3.05, 3.63) is 88.1 Å². The molecule has 0 amide bonds. The highest BCUT2D eigenvalue weighted by molar-refractivity contribution is 5.66. The average molecular weight is 445 g/mol. The third-order valence-electron chi connectivity index (χ3n) is 6.22. The molecule has 33 heavy (non-hydrogen) atoms. The molecule has 5 rings (SSSR count). The Labute approximate surface area is 195 Å². The minimum atomic E-state index is -0.745. The monoisotopic (exact) mass is 444 g/mol. The first-order valence-electron chi connectivity index (χ1n) is 11.9. The zero-order valence-corrected chi connectivity index (χ0v) is 19.3. The number of nitrogens with one attached hydrogen (secondary N) is 1. The van der Waals surface area contributed by atoms with Crippen molar-refractivity contribution in [3.63, 3.8) is 0 Å². The Morgan fingerprint density at radius 1 is 0.970 bits per heavy atom. The lowest BCUT2D eigenvalue weighted by molar-refractivity contribution is -0.136. The zero-order valence-electron chi connectivity index (χ0n) is 19.3. The van der Waals surface area contributed by atoms with Crippen LogP contribution in [0.3, 0.4) is 0 Å². The summed E-state index contributed by atoms with van der Waals surface area (Å²) in [5, 5.41) is 11.1. The predicted octanol–water partition coefficient (Wildman–Crippen LogP) is 5.23. The van der Waals surface area contributed by atoms with Crippen LogP contribution in [0.25, 0.3) is 0 Å². The van der Waals surface area contributed by atoms with Crippen LogP contribution in [0.5, 0.6) is 5.75 Å². The highest BCUT2D eigenvalue weighted by Crippen LogP contribution is 2.27. The van der Waals surface area contributed by atoms with Gasteiger partial charge in [0.1, 0.15) is 11.6 Å². The number of pyridine rings is 1. The summed E-state index contributed by atoms with van der Waals surface area (Å²) in [7, 11) is 0. The number of benzene rings is 2. The van der Waals surface area contributed by atoms with E-state index in [0.717, 1.165) is 55.9 Å². The van der Waals surface area contributed by atoms with Gasteiger partial charge in [0.05, 0.1) is 6.61 Å². The van der Waals surface area contributed by atoms with E-state index in [4.69, 9.17) is 14.8 Å². The Bertz CT molecular complexity index is 1110. The molecule has 0 atom stereocenters. The predicted molar refractivity (Wildman–Crippen MR) is 131 cm³/mol. The fourth-order valence-electron chi connectivity index (χ4n) is 4.33. The molecule has 172 valence electrons. The van der Waals surface area contributed by atoms with E-state index in [9.17, 15) is 4.79 Å². The maximum absolute atomic E-state index is 9.37. The number of carboxylic acid groups (broad SMARTS) is 1. The lowest BCUT2D eigenvalue weighted by atomic mass is 10.0. The Morgan fingerprint density at radius 2 is 1.70 bits per heavy atom. The van der Waals surface area contributed by atoms with E-state index < -0.39 is 5.97 Å². The van der Waals surface area contributed by atoms with Gasteiger partial charge in [-0.1, -0.05) is 43.3 Å². The molecule has 5 nitrogen and oxygen atoms in total. The summed E-state index contributed by atoms with van der Waals surface area (Å²) in [5.74, 6) is 1.28. The number of carboxylic acids is 1. The zero-order chi connectivity index (χ0) is 23.0. The second kappa shape index (κ2) is 11.0. The molecule has 0 unspecified atom stereocenters. The number of hydrogen-bond donors (Lipinski definition) is 2. The number of aliphatic carboxylic acids is 1. The number of ether oxygens (including phenoxy) is 1. The third kappa shape index (κ3) is 6.13. The number of nitrogens with zero attached hydrogens (tertiary/aromatic N) is 1. The highest BCUT2D eigenvalue weighted by Gasteiger charge is 2.14. The van der Waals surface area contributed by atoms with Crippen LogP contribution in [0, 0.1) is 0 Å². The topological polar surface area (TPSA) is 71.5 Å². The molecule has 0 spiro atoms. The maximum atomic E-state index is 9.37. The molecule has 1 aliphatic carbocycles. The van der Waals surface area contributed by atoms with Gasteiger partial charge < -0.3 is 15.2 Å². The smallest absolute Gasteiger partial charge is 0.303 e. The van der Waals surface area contributed by atoms with Gasteiger partial charge in [0.2, 0.25) is 0 Å². The van der Waals surface area contributed by atoms with Crippen molar-refractivity contribution in [2.45, 2.75) is 51.9 Å². The molecule has 5 heteroatoms. The Morgan fingerprint density at radius 3 is 2.48 bits per heavy atom. The Kier molecular flexibility index (Phi) is 7.61. The van der Waals surface area contributed by atoms with Crippen LogP contribution >= 0.6 is 0 Å². The summed E-state index contributed by atoms with van der Waals surface area (Å²) in [5.41, 5.74) is 8.21. The van der Waals surface area contributed by atoms with E-state index in [1.165, 1.54) is 34.2 Å². The molecule has 0 fully saturated rings. The summed E-state index contributed by atoms with van der Waals surface area (Å²) >= 11 is 0. The van der Waals surface area contributed by atoms with Crippen LogP contribution < -0.4 is 10.1 Å². The number of aromatic nitrogens is 1. The number of fused-ring (bicyclic) bond motifs is 3. The van der Waals surface area contributed by atoms with E-state index in [2.05, 4.69) is 59.9 Å². The van der Waals surface area contributed by atoms with Crippen LogP contribution in [-0.2, 0) is 36.9 Å². The second-order valence-corrected chi connectivity index (χ2v) is 8.56. The normalized spacial score (nSPS) is 13.7. The van der Waals surface area contributed by atoms with Gasteiger partial charge >= 0.3 is 5.97 Å². The van der Waals surface area contributed by atoms with E-state index in [1.54, 1.807) is 6.92 Å². The van der Waals surface area contributed by atoms with E-state index in [1.807, 2.05) is 0 Å². The fourth-order valence-corrected chi connectivity index (χ4v) is 4.33. The molecule has 1 aromatic heterocycles. The van der Waals surface area contributed by atoms with Gasteiger partial charge in [-0.25, -0.2) is 4.98 Å². The molecule has 2 heterocycles. The lowest BCUT2D eigenvalue weighted by Crippen LogP contribution is -2.14. The molecule has 2 N–H and O–H groups in total. The van der Waals surface area contributed by atoms with Crippen molar-refractivity contribution < 1.29 is 14.6 Å². The van der Waals surface area contributed by atoms with Crippen molar-refractivity contribution >= 4 is 11.8 Å². The first kappa shape index (κ1) is 22.8. The number of anilines is 1. The van der Waals surface area contributed by atoms with Gasteiger partial charge in [0, 0.05) is 25.1 Å². The highest BCUT2D eigenvalue weighted by atomic mass is 16.5. The van der Waals surface area contributed by atoms with Gasteiger partial charge in [-0.15, -0.1) is 0 Å². The first-order chi connectivity index (χ1) is 16.1. The van der Waals surface area contributed by atoms with Crippen LogP contribution in [-0.4, -0.2) is 29.2 Å². The third-order valence-corrected chi connectivity index (χ3v) is 6.22. The minimum Gasteiger partial charge on any atom is -0.493 e. The molecular formula is C28H32N2O3. The van der Waals surface area contributed by atoms with Crippen LogP contribution in [0.4, 0.5) is 5.82 Å². The molecule has 1 aliphatic heterocycles. The molecular weight excluding hydrogens is 412 g/mol. The molecule has 2 aromatic carbocycles. The van der Waals surface area contributed by atoms with E-state index >= 15 is 0 Å². The Balaban J connectivity index is 0.000000471. The van der Waals surface area contributed by atoms with E-state index in [-0.39, 0.29) is 6.42 Å². The fraction of sp³-hybridized carbons (Fsp3) is 0.357. The van der Waals surface area contributed by atoms with Gasteiger partial charge in [-0.2, -0.15) is 0 Å². The summed E-state index contributed by atoms with van der Waals surface area (Å²) in [6, 6.07) is 19.8.